The fraction of sp³-hybridized carbons (Fsp3) is 0.154. The predicted octanol–water partition coefficient (Wildman–Crippen LogP) is 3.50. The highest BCUT2D eigenvalue weighted by molar-refractivity contribution is 6.34. The van der Waals surface area contributed by atoms with E-state index < -0.39 is 18.7 Å². The van der Waals surface area contributed by atoms with Gasteiger partial charge in [-0.3, -0.25) is 0 Å². The van der Waals surface area contributed by atoms with Crippen LogP contribution in [0.15, 0.2) is 24.5 Å². The molecule has 0 saturated carbocycles. The standard InChI is InChI=1S/C13H7ClF3N3O2/c14-11-10-9(18-5-19-11)7-3-6(12(21)22)1-2-8(7)20(10)4-13(15,16)17/h1-3,5H,4H2,(H,21,22). The predicted molar refractivity (Wildman–Crippen MR) is 73.1 cm³/mol. The maximum Gasteiger partial charge on any atom is 0.406 e. The number of benzene rings is 1. The molecule has 0 bridgehead atoms. The first kappa shape index (κ1) is 14.6. The Balaban J connectivity index is 2.42. The smallest absolute Gasteiger partial charge is 0.406 e. The fourth-order valence-corrected chi connectivity index (χ4v) is 2.59. The van der Waals surface area contributed by atoms with Crippen molar-refractivity contribution in [3.8, 4) is 0 Å². The molecule has 0 radical (unpaired) electrons. The van der Waals surface area contributed by atoms with E-state index in [9.17, 15) is 18.0 Å². The van der Waals surface area contributed by atoms with Crippen LogP contribution in [0.25, 0.3) is 21.9 Å². The van der Waals surface area contributed by atoms with Gasteiger partial charge < -0.3 is 9.67 Å². The van der Waals surface area contributed by atoms with Crippen molar-refractivity contribution in [2.24, 2.45) is 0 Å². The number of halogens is 4. The van der Waals surface area contributed by atoms with Gasteiger partial charge in [0.25, 0.3) is 0 Å². The topological polar surface area (TPSA) is 68.0 Å². The second kappa shape index (κ2) is 4.84. The lowest BCUT2D eigenvalue weighted by molar-refractivity contribution is -0.139. The third-order valence-electron chi connectivity index (χ3n) is 3.17. The van der Waals surface area contributed by atoms with E-state index in [0.29, 0.717) is 0 Å². The van der Waals surface area contributed by atoms with Crippen LogP contribution >= 0.6 is 11.6 Å². The molecule has 3 rings (SSSR count). The quantitative estimate of drug-likeness (QED) is 0.731. The summed E-state index contributed by atoms with van der Waals surface area (Å²) in [6.45, 7) is -1.27. The van der Waals surface area contributed by atoms with Crippen LogP contribution < -0.4 is 0 Å². The second-order valence-corrected chi connectivity index (χ2v) is 4.96. The molecule has 9 heteroatoms. The van der Waals surface area contributed by atoms with Gasteiger partial charge in [0.2, 0.25) is 0 Å². The molecule has 1 N–H and O–H groups in total. The molecule has 0 saturated heterocycles. The molecule has 3 aromatic rings. The third kappa shape index (κ3) is 2.35. The van der Waals surface area contributed by atoms with Gasteiger partial charge in [0.05, 0.1) is 11.1 Å². The van der Waals surface area contributed by atoms with Crippen molar-refractivity contribution in [1.82, 2.24) is 14.5 Å². The summed E-state index contributed by atoms with van der Waals surface area (Å²) in [5, 5.41) is 9.18. The number of fused-ring (bicyclic) bond motifs is 3. The highest BCUT2D eigenvalue weighted by Crippen LogP contribution is 2.33. The number of nitrogens with zero attached hydrogens (tertiary/aromatic N) is 3. The van der Waals surface area contributed by atoms with Crippen molar-refractivity contribution in [2.75, 3.05) is 0 Å². The van der Waals surface area contributed by atoms with E-state index >= 15 is 0 Å². The van der Waals surface area contributed by atoms with Crippen LogP contribution in [0.2, 0.25) is 5.15 Å². The Morgan fingerprint density at radius 2 is 2.05 bits per heavy atom. The van der Waals surface area contributed by atoms with Crippen LogP contribution in [0.5, 0.6) is 0 Å². The molecular weight excluding hydrogens is 323 g/mol. The molecule has 0 aliphatic carbocycles. The van der Waals surface area contributed by atoms with Gasteiger partial charge in [-0.25, -0.2) is 14.8 Å². The summed E-state index contributed by atoms with van der Waals surface area (Å²) in [4.78, 5) is 18.7. The summed E-state index contributed by atoms with van der Waals surface area (Å²) in [7, 11) is 0. The number of hydrogen-bond acceptors (Lipinski definition) is 3. The zero-order valence-electron chi connectivity index (χ0n) is 10.7. The molecule has 5 nitrogen and oxygen atoms in total. The highest BCUT2D eigenvalue weighted by atomic mass is 35.5. The number of aromatic carboxylic acids is 1. The third-order valence-corrected chi connectivity index (χ3v) is 3.45. The lowest BCUT2D eigenvalue weighted by Crippen LogP contribution is -2.17. The monoisotopic (exact) mass is 329 g/mol. The minimum Gasteiger partial charge on any atom is -0.478 e. The average Bonchev–Trinajstić information content (AvgIpc) is 2.72. The minimum atomic E-state index is -4.47. The van der Waals surface area contributed by atoms with E-state index in [-0.39, 0.29) is 32.7 Å². The minimum absolute atomic E-state index is 0.0269. The maximum atomic E-state index is 12.8. The van der Waals surface area contributed by atoms with Crippen molar-refractivity contribution in [1.29, 1.82) is 0 Å². The number of rotatable bonds is 2. The number of hydrogen-bond donors (Lipinski definition) is 1. The molecule has 0 spiro atoms. The molecular formula is C13H7ClF3N3O2. The van der Waals surface area contributed by atoms with E-state index in [4.69, 9.17) is 16.7 Å². The molecule has 114 valence electrons. The number of carboxylic acid groups (broad SMARTS) is 1. The molecule has 0 aliphatic heterocycles. The van der Waals surface area contributed by atoms with Crippen LogP contribution in [-0.2, 0) is 6.54 Å². The zero-order chi connectivity index (χ0) is 16.1. The molecule has 2 heterocycles. The van der Waals surface area contributed by atoms with Gasteiger partial charge in [-0.1, -0.05) is 11.6 Å². The van der Waals surface area contributed by atoms with Crippen molar-refractivity contribution in [3.63, 3.8) is 0 Å². The maximum absolute atomic E-state index is 12.8. The Kier molecular flexibility index (Phi) is 3.21. The van der Waals surface area contributed by atoms with Gasteiger partial charge in [-0.15, -0.1) is 0 Å². The number of alkyl halides is 3. The van der Waals surface area contributed by atoms with Crippen LogP contribution in [0.1, 0.15) is 10.4 Å². The SMILES string of the molecule is O=C(O)c1ccc2c(c1)c1ncnc(Cl)c1n2CC(F)(F)F. The van der Waals surface area contributed by atoms with E-state index in [1.807, 2.05) is 0 Å². The Morgan fingerprint density at radius 1 is 1.32 bits per heavy atom. The van der Waals surface area contributed by atoms with Gasteiger partial charge in [0, 0.05) is 5.39 Å². The van der Waals surface area contributed by atoms with Gasteiger partial charge in [-0.05, 0) is 18.2 Å². The lowest BCUT2D eigenvalue weighted by atomic mass is 10.1. The first-order chi connectivity index (χ1) is 10.3. The van der Waals surface area contributed by atoms with Gasteiger partial charge in [0.15, 0.2) is 5.15 Å². The Hall–Kier alpha value is -2.35. The summed E-state index contributed by atoms with van der Waals surface area (Å²) in [6.07, 6.45) is -3.35. The van der Waals surface area contributed by atoms with Crippen LogP contribution in [-0.4, -0.2) is 31.8 Å². The summed E-state index contributed by atoms with van der Waals surface area (Å²) in [6, 6.07) is 3.82. The van der Waals surface area contributed by atoms with Crippen LogP contribution in [0, 0.1) is 0 Å². The summed E-state index contributed by atoms with van der Waals surface area (Å²) < 4.78 is 39.4. The highest BCUT2D eigenvalue weighted by Gasteiger charge is 2.30. The van der Waals surface area contributed by atoms with Crippen molar-refractivity contribution >= 4 is 39.5 Å². The van der Waals surface area contributed by atoms with Crippen LogP contribution in [0.4, 0.5) is 13.2 Å². The summed E-state index contributed by atoms with van der Waals surface area (Å²) >= 11 is 5.91. The van der Waals surface area contributed by atoms with Crippen LogP contribution in [0.3, 0.4) is 0 Å². The van der Waals surface area contributed by atoms with Crippen molar-refractivity contribution in [3.05, 3.63) is 35.2 Å². The molecule has 2 aromatic heterocycles. The summed E-state index contributed by atoms with van der Waals surface area (Å²) in [5.41, 5.74) is 0.356. The first-order valence-electron chi connectivity index (χ1n) is 6.00. The molecule has 0 unspecified atom stereocenters. The van der Waals surface area contributed by atoms with E-state index in [1.165, 1.54) is 18.2 Å². The number of carbonyl (C=O) groups is 1. The van der Waals surface area contributed by atoms with Crippen molar-refractivity contribution in [2.45, 2.75) is 12.7 Å². The van der Waals surface area contributed by atoms with Gasteiger partial charge >= 0.3 is 12.1 Å². The molecule has 0 atom stereocenters. The Bertz CT molecular complexity index is 905. The fourth-order valence-electron chi connectivity index (χ4n) is 2.35. The van der Waals surface area contributed by atoms with Gasteiger partial charge in [-0.2, -0.15) is 13.2 Å². The first-order valence-corrected chi connectivity index (χ1v) is 6.38. The molecule has 0 amide bonds. The van der Waals surface area contributed by atoms with Gasteiger partial charge in [0.1, 0.15) is 23.9 Å². The zero-order valence-corrected chi connectivity index (χ0v) is 11.5. The van der Waals surface area contributed by atoms with E-state index in [0.717, 1.165) is 10.9 Å². The lowest BCUT2D eigenvalue weighted by Gasteiger charge is -2.10. The Labute approximate surface area is 126 Å². The molecule has 0 aliphatic rings. The number of aromatic nitrogens is 3. The van der Waals surface area contributed by atoms with E-state index in [2.05, 4.69) is 9.97 Å². The average molecular weight is 330 g/mol. The number of carboxylic acids is 1. The normalized spacial score (nSPS) is 12.2. The molecule has 0 fully saturated rings. The summed E-state index contributed by atoms with van der Waals surface area (Å²) in [5.74, 6) is -1.18. The second-order valence-electron chi connectivity index (χ2n) is 4.60. The molecule has 1 aromatic carbocycles. The largest absolute Gasteiger partial charge is 0.478 e. The van der Waals surface area contributed by atoms with E-state index in [1.54, 1.807) is 0 Å². The molecule has 22 heavy (non-hydrogen) atoms. The Morgan fingerprint density at radius 3 is 2.68 bits per heavy atom. The van der Waals surface area contributed by atoms with Crippen molar-refractivity contribution < 1.29 is 23.1 Å².